The predicted octanol–water partition coefficient (Wildman–Crippen LogP) is 1.31. The number of benzene rings is 2. The topological polar surface area (TPSA) is 150 Å². The summed E-state index contributed by atoms with van der Waals surface area (Å²) in [5, 5.41) is 18.5. The van der Waals surface area contributed by atoms with Crippen LogP contribution in [0, 0.1) is 0 Å². The number of hydrogen-bond donors (Lipinski definition) is 3. The number of carbonyl (C=O) groups is 4. The SMILES string of the molecule is CN(C(CCc1ccccc1)C(=O)OC[C@H](N)C(=O)O)[C@@H]1CCc2ccccc2N(CC(=O)O)C1=O. The molecule has 10 nitrogen and oxygen atoms in total. The van der Waals surface area contributed by atoms with Crippen LogP contribution < -0.4 is 10.6 Å². The maximum atomic E-state index is 13.6. The number of carboxylic acid groups (broad SMARTS) is 2. The zero-order valence-corrected chi connectivity index (χ0v) is 20.1. The molecule has 0 radical (unpaired) electrons. The number of hydrogen-bond acceptors (Lipinski definition) is 7. The lowest BCUT2D eigenvalue weighted by Gasteiger charge is -2.34. The van der Waals surface area contributed by atoms with Gasteiger partial charge in [-0.1, -0.05) is 48.5 Å². The van der Waals surface area contributed by atoms with E-state index in [4.69, 9.17) is 15.6 Å². The Hall–Kier alpha value is -3.76. The van der Waals surface area contributed by atoms with E-state index in [-0.39, 0.29) is 0 Å². The quantitative estimate of drug-likeness (QED) is 0.390. The maximum Gasteiger partial charge on any atom is 0.324 e. The molecule has 1 heterocycles. The first-order chi connectivity index (χ1) is 17.2. The van der Waals surface area contributed by atoms with Crippen LogP contribution in [0.25, 0.3) is 0 Å². The summed E-state index contributed by atoms with van der Waals surface area (Å²) in [7, 11) is 1.63. The van der Waals surface area contributed by atoms with Gasteiger partial charge in [-0.15, -0.1) is 0 Å². The molecule has 1 unspecified atom stereocenters. The molecular formula is C26H31N3O7. The number of aryl methyl sites for hydroxylation is 2. The van der Waals surface area contributed by atoms with Gasteiger partial charge in [-0.05, 0) is 49.9 Å². The van der Waals surface area contributed by atoms with Crippen LogP contribution in [0.3, 0.4) is 0 Å². The smallest absolute Gasteiger partial charge is 0.324 e. The van der Waals surface area contributed by atoms with Gasteiger partial charge in [0.15, 0.2) is 0 Å². The lowest BCUT2D eigenvalue weighted by atomic mass is 10.0. The second-order valence-electron chi connectivity index (χ2n) is 8.78. The second-order valence-corrected chi connectivity index (χ2v) is 8.78. The number of aliphatic carboxylic acids is 2. The summed E-state index contributed by atoms with van der Waals surface area (Å²) in [6.45, 7) is -1.01. The maximum absolute atomic E-state index is 13.6. The normalized spacial score (nSPS) is 17.1. The van der Waals surface area contributed by atoms with Crippen LogP contribution >= 0.6 is 0 Å². The lowest BCUT2D eigenvalue weighted by Crippen LogP contribution is -2.54. The Morgan fingerprint density at radius 1 is 1.11 bits per heavy atom. The number of amides is 1. The number of carbonyl (C=O) groups excluding carboxylic acids is 2. The highest BCUT2D eigenvalue weighted by Crippen LogP contribution is 2.29. The molecular weight excluding hydrogens is 466 g/mol. The Kier molecular flexibility index (Phi) is 9.15. The van der Waals surface area contributed by atoms with Gasteiger partial charge in [0, 0.05) is 5.69 Å². The van der Waals surface area contributed by atoms with E-state index >= 15 is 0 Å². The van der Waals surface area contributed by atoms with Crippen molar-refractivity contribution in [3.05, 3.63) is 65.7 Å². The van der Waals surface area contributed by atoms with Crippen LogP contribution in [0.1, 0.15) is 24.0 Å². The van der Waals surface area contributed by atoms with Crippen molar-refractivity contribution >= 4 is 29.5 Å². The highest BCUT2D eigenvalue weighted by atomic mass is 16.5. The Balaban J connectivity index is 1.86. The van der Waals surface area contributed by atoms with E-state index in [2.05, 4.69) is 0 Å². The van der Waals surface area contributed by atoms with Crippen LogP contribution in [0.5, 0.6) is 0 Å². The molecule has 0 saturated heterocycles. The summed E-state index contributed by atoms with van der Waals surface area (Å²) in [4.78, 5) is 52.2. The fourth-order valence-electron chi connectivity index (χ4n) is 4.37. The lowest BCUT2D eigenvalue weighted by molar-refractivity contribution is -0.154. The van der Waals surface area contributed by atoms with E-state index in [1.54, 1.807) is 24.1 Å². The van der Waals surface area contributed by atoms with Crippen molar-refractivity contribution in [3.8, 4) is 0 Å². The van der Waals surface area contributed by atoms with Crippen molar-refractivity contribution in [2.75, 3.05) is 25.1 Å². The minimum Gasteiger partial charge on any atom is -0.480 e. The first-order valence-electron chi connectivity index (χ1n) is 11.7. The summed E-state index contributed by atoms with van der Waals surface area (Å²) in [5.41, 5.74) is 7.87. The first-order valence-corrected chi connectivity index (χ1v) is 11.7. The number of nitrogens with zero attached hydrogens (tertiary/aromatic N) is 2. The molecule has 2 aromatic rings. The van der Waals surface area contributed by atoms with E-state index < -0.39 is 55.1 Å². The number of ether oxygens (including phenoxy) is 1. The standard InChI is InChI=1S/C26H31N3O7/c1-28(21-14-12-18-9-5-6-10-20(18)29(24(21)32)15-23(30)31)22(13-11-17-7-3-2-4-8-17)26(35)36-16-19(27)25(33)34/h2-10,19,21-22H,11-16,27H2,1H3,(H,30,31)(H,33,34)/t19-,21+,22?/m0/s1. The molecule has 192 valence electrons. The molecule has 0 fully saturated rings. The third kappa shape index (κ3) is 6.67. The summed E-state index contributed by atoms with van der Waals surface area (Å²) >= 11 is 0. The third-order valence-electron chi connectivity index (χ3n) is 6.34. The molecule has 1 amide bonds. The molecule has 2 aromatic carbocycles. The Labute approximate surface area is 209 Å². The van der Waals surface area contributed by atoms with Gasteiger partial charge in [0.05, 0.1) is 6.04 Å². The van der Waals surface area contributed by atoms with Gasteiger partial charge >= 0.3 is 17.9 Å². The fourth-order valence-corrected chi connectivity index (χ4v) is 4.37. The van der Waals surface area contributed by atoms with Crippen LogP contribution in [-0.2, 0) is 36.8 Å². The van der Waals surface area contributed by atoms with Gasteiger partial charge in [0.25, 0.3) is 0 Å². The number of esters is 1. The Morgan fingerprint density at radius 2 is 1.78 bits per heavy atom. The van der Waals surface area contributed by atoms with Gasteiger partial charge in [-0.25, -0.2) is 0 Å². The number of para-hydroxylation sites is 1. The van der Waals surface area contributed by atoms with E-state index in [9.17, 15) is 24.3 Å². The predicted molar refractivity (Wildman–Crippen MR) is 131 cm³/mol. The summed E-state index contributed by atoms with van der Waals surface area (Å²) in [6, 6.07) is 13.6. The van der Waals surface area contributed by atoms with Crippen LogP contribution in [0.15, 0.2) is 54.6 Å². The van der Waals surface area contributed by atoms with Crippen molar-refractivity contribution in [3.63, 3.8) is 0 Å². The van der Waals surface area contributed by atoms with Gasteiger partial charge in [-0.2, -0.15) is 0 Å². The molecule has 1 aliphatic rings. The molecule has 1 aliphatic heterocycles. The zero-order valence-electron chi connectivity index (χ0n) is 20.1. The molecule has 0 bridgehead atoms. The minimum atomic E-state index is -1.37. The average Bonchev–Trinajstić information content (AvgIpc) is 2.99. The van der Waals surface area contributed by atoms with E-state index in [0.29, 0.717) is 31.4 Å². The van der Waals surface area contributed by atoms with Crippen molar-refractivity contribution in [2.45, 2.75) is 43.8 Å². The van der Waals surface area contributed by atoms with Crippen LogP contribution in [0.4, 0.5) is 5.69 Å². The molecule has 0 aliphatic carbocycles. The van der Waals surface area contributed by atoms with Crippen LogP contribution in [0.2, 0.25) is 0 Å². The molecule has 0 aromatic heterocycles. The number of fused-ring (bicyclic) bond motifs is 1. The number of rotatable bonds is 11. The van der Waals surface area contributed by atoms with Crippen molar-refractivity contribution in [1.82, 2.24) is 4.90 Å². The monoisotopic (exact) mass is 497 g/mol. The molecule has 10 heteroatoms. The highest BCUT2D eigenvalue weighted by molar-refractivity contribution is 6.02. The minimum absolute atomic E-state index is 0.303. The van der Waals surface area contributed by atoms with Gasteiger partial charge in [0.2, 0.25) is 5.91 Å². The van der Waals surface area contributed by atoms with Gasteiger partial charge in [-0.3, -0.25) is 29.0 Å². The molecule has 3 rings (SSSR count). The number of anilines is 1. The number of nitrogens with two attached hydrogens (primary N) is 1. The first kappa shape index (κ1) is 26.8. The molecule has 0 spiro atoms. The van der Waals surface area contributed by atoms with E-state index in [0.717, 1.165) is 11.1 Å². The largest absolute Gasteiger partial charge is 0.480 e. The Bertz CT molecular complexity index is 1090. The number of likely N-dealkylation sites (N-methyl/N-ethyl adjacent to an activating group) is 1. The highest BCUT2D eigenvalue weighted by Gasteiger charge is 2.38. The molecule has 4 N–H and O–H groups in total. The van der Waals surface area contributed by atoms with E-state index in [1.807, 2.05) is 42.5 Å². The summed E-state index contributed by atoms with van der Waals surface area (Å²) in [5.74, 6) is -3.56. The summed E-state index contributed by atoms with van der Waals surface area (Å²) < 4.78 is 5.24. The molecule has 36 heavy (non-hydrogen) atoms. The van der Waals surface area contributed by atoms with Crippen molar-refractivity contribution in [1.29, 1.82) is 0 Å². The fraction of sp³-hybridized carbons (Fsp3) is 0.385. The van der Waals surface area contributed by atoms with E-state index in [1.165, 1.54) is 4.90 Å². The molecule has 0 saturated carbocycles. The molecule has 3 atom stereocenters. The number of carboxylic acids is 2. The third-order valence-corrected chi connectivity index (χ3v) is 6.34. The summed E-state index contributed by atoms with van der Waals surface area (Å²) in [6.07, 6.45) is 1.69. The average molecular weight is 498 g/mol. The zero-order chi connectivity index (χ0) is 26.2. The van der Waals surface area contributed by atoms with Crippen LogP contribution in [-0.4, -0.2) is 77.3 Å². The van der Waals surface area contributed by atoms with Gasteiger partial charge in [0.1, 0.15) is 25.2 Å². The Morgan fingerprint density at radius 3 is 2.44 bits per heavy atom. The second kappa shape index (κ2) is 12.3. The van der Waals surface area contributed by atoms with Crippen molar-refractivity contribution < 1.29 is 34.1 Å². The van der Waals surface area contributed by atoms with Crippen molar-refractivity contribution in [2.24, 2.45) is 5.73 Å². The van der Waals surface area contributed by atoms with Gasteiger partial charge < -0.3 is 20.7 Å².